The van der Waals surface area contributed by atoms with E-state index in [2.05, 4.69) is 61.5 Å². The number of aliphatic imine (C=N–C) groups is 1. The third-order valence-electron chi connectivity index (χ3n) is 6.23. The van der Waals surface area contributed by atoms with Crippen LogP contribution in [0, 0.1) is 12.3 Å². The number of hydrogen-bond acceptors (Lipinski definition) is 1. The van der Waals surface area contributed by atoms with Crippen LogP contribution in [0.3, 0.4) is 0 Å². The third kappa shape index (κ3) is 4.60. The summed E-state index contributed by atoms with van der Waals surface area (Å²) in [7, 11) is 5.96. The molecule has 0 radical (unpaired) electrons. The molecule has 4 rings (SSSR count). The summed E-state index contributed by atoms with van der Waals surface area (Å²) in [6.45, 7) is 8.40. The van der Waals surface area contributed by atoms with Crippen molar-refractivity contribution in [2.45, 2.75) is 13.8 Å². The summed E-state index contributed by atoms with van der Waals surface area (Å²) in [6, 6.07) is 22.6. The first-order valence-corrected chi connectivity index (χ1v) is 12.0. The van der Waals surface area contributed by atoms with Crippen LogP contribution in [-0.2, 0) is 7.05 Å². The van der Waals surface area contributed by atoms with Crippen LogP contribution in [0.4, 0.5) is 5.69 Å². The number of hydrogen-bond donors (Lipinski definition) is 1. The zero-order valence-corrected chi connectivity index (χ0v) is 21.7. The molecule has 0 unspecified atom stereocenters. The molecule has 0 amide bonds. The fourth-order valence-corrected chi connectivity index (χ4v) is 4.53. The Hall–Kier alpha value is -4.38. The minimum absolute atomic E-state index is 0.0959. The van der Waals surface area contributed by atoms with E-state index in [4.69, 9.17) is 4.99 Å². The van der Waals surface area contributed by atoms with Crippen molar-refractivity contribution in [1.82, 2.24) is 9.47 Å². The van der Waals surface area contributed by atoms with Gasteiger partial charge in [0, 0.05) is 48.7 Å². The molecule has 0 bridgehead atoms. The molecule has 0 atom stereocenters. The standard InChI is InChI=1S/C31H33N5/c1-7-8-10-15-23(3)36(31(32)33-30(34(4)5)24-16-11-9-12-17-24)28-22(2)20-21-26-25-18-13-14-19-27(25)35(6)29(26)28/h7-21,32H,3H2,1-2,4-6H3/b8-7-,15-10-,32-31?,33-30?. The fourth-order valence-electron chi connectivity index (χ4n) is 4.53. The van der Waals surface area contributed by atoms with Crippen molar-refractivity contribution < 1.29 is 0 Å². The number of para-hydroxylation sites is 1. The summed E-state index contributed by atoms with van der Waals surface area (Å²) >= 11 is 0. The van der Waals surface area contributed by atoms with Crippen molar-refractivity contribution in [3.8, 4) is 0 Å². The van der Waals surface area contributed by atoms with E-state index in [0.717, 1.165) is 33.2 Å². The predicted molar refractivity (Wildman–Crippen MR) is 155 cm³/mol. The molecule has 0 aliphatic heterocycles. The van der Waals surface area contributed by atoms with Crippen molar-refractivity contribution in [2.24, 2.45) is 12.0 Å². The molecular weight excluding hydrogens is 442 g/mol. The Kier molecular flexibility index (Phi) is 7.20. The van der Waals surface area contributed by atoms with Gasteiger partial charge < -0.3 is 9.47 Å². The highest BCUT2D eigenvalue weighted by Crippen LogP contribution is 2.38. The van der Waals surface area contributed by atoms with Gasteiger partial charge in [0.15, 0.2) is 0 Å². The molecule has 3 aromatic carbocycles. The first-order chi connectivity index (χ1) is 17.3. The number of allylic oxidation sites excluding steroid dienone is 4. The quantitative estimate of drug-likeness (QED) is 0.191. The van der Waals surface area contributed by atoms with Gasteiger partial charge in [0.05, 0.1) is 11.2 Å². The molecular formula is C31H33N5. The molecule has 0 saturated carbocycles. The van der Waals surface area contributed by atoms with Crippen molar-refractivity contribution in [3.63, 3.8) is 0 Å². The van der Waals surface area contributed by atoms with Gasteiger partial charge in [-0.25, -0.2) is 0 Å². The molecule has 4 aromatic rings. The van der Waals surface area contributed by atoms with Gasteiger partial charge in [-0.05, 0) is 31.6 Å². The van der Waals surface area contributed by atoms with Gasteiger partial charge in [-0.3, -0.25) is 10.3 Å². The molecule has 36 heavy (non-hydrogen) atoms. The smallest absolute Gasteiger partial charge is 0.229 e. The van der Waals surface area contributed by atoms with Gasteiger partial charge in [0.25, 0.3) is 0 Å². The molecule has 1 aromatic heterocycles. The summed E-state index contributed by atoms with van der Waals surface area (Å²) in [5.41, 5.74) is 5.74. The second kappa shape index (κ2) is 10.5. The number of aryl methyl sites for hydroxylation is 2. The highest BCUT2D eigenvalue weighted by Gasteiger charge is 2.23. The first kappa shape index (κ1) is 24.7. The van der Waals surface area contributed by atoms with Crippen LogP contribution < -0.4 is 4.90 Å². The molecule has 0 saturated heterocycles. The van der Waals surface area contributed by atoms with E-state index in [1.54, 1.807) is 0 Å². The van der Waals surface area contributed by atoms with Crippen LogP contribution in [0.25, 0.3) is 21.8 Å². The van der Waals surface area contributed by atoms with Gasteiger partial charge >= 0.3 is 0 Å². The number of fused-ring (bicyclic) bond motifs is 3. The minimum atomic E-state index is 0.0959. The molecule has 182 valence electrons. The second-order valence-electron chi connectivity index (χ2n) is 8.93. The Labute approximate surface area is 213 Å². The lowest BCUT2D eigenvalue weighted by atomic mass is 10.1. The average Bonchev–Trinajstić information content (AvgIpc) is 3.16. The van der Waals surface area contributed by atoms with Crippen molar-refractivity contribution in [2.75, 3.05) is 19.0 Å². The zero-order chi connectivity index (χ0) is 25.8. The number of nitrogens with one attached hydrogen (secondary N) is 1. The lowest BCUT2D eigenvalue weighted by molar-refractivity contribution is 0.624. The first-order valence-electron chi connectivity index (χ1n) is 12.0. The normalized spacial score (nSPS) is 12.2. The molecule has 1 heterocycles. The third-order valence-corrected chi connectivity index (χ3v) is 6.23. The van der Waals surface area contributed by atoms with E-state index in [1.165, 1.54) is 5.39 Å². The number of nitrogens with zero attached hydrogens (tertiary/aromatic N) is 4. The van der Waals surface area contributed by atoms with Crippen molar-refractivity contribution in [1.29, 1.82) is 5.41 Å². The second-order valence-corrected chi connectivity index (χ2v) is 8.93. The Bertz CT molecular complexity index is 1520. The average molecular weight is 476 g/mol. The Morgan fingerprint density at radius 2 is 1.64 bits per heavy atom. The van der Waals surface area contributed by atoms with Crippen molar-refractivity contribution >= 4 is 39.3 Å². The lowest BCUT2D eigenvalue weighted by Gasteiger charge is -2.27. The van der Waals surface area contributed by atoms with Gasteiger partial charge in [0.1, 0.15) is 5.84 Å². The Morgan fingerprint density at radius 3 is 2.33 bits per heavy atom. The summed E-state index contributed by atoms with van der Waals surface area (Å²) in [4.78, 5) is 8.62. The minimum Gasteiger partial charge on any atom is -0.362 e. The Balaban J connectivity index is 1.98. The highest BCUT2D eigenvalue weighted by atomic mass is 15.3. The summed E-state index contributed by atoms with van der Waals surface area (Å²) in [5, 5.41) is 11.5. The number of guanidine groups is 1. The number of rotatable bonds is 5. The Morgan fingerprint density at radius 1 is 0.944 bits per heavy atom. The van der Waals surface area contributed by atoms with Gasteiger partial charge in [0.2, 0.25) is 5.96 Å². The van der Waals surface area contributed by atoms with Crippen LogP contribution >= 0.6 is 0 Å². The maximum absolute atomic E-state index is 9.23. The van der Waals surface area contributed by atoms with Gasteiger partial charge in [-0.2, -0.15) is 4.99 Å². The number of aromatic nitrogens is 1. The van der Waals surface area contributed by atoms with Gasteiger partial charge in [-0.1, -0.05) is 85.5 Å². The van der Waals surface area contributed by atoms with E-state index in [-0.39, 0.29) is 5.96 Å². The van der Waals surface area contributed by atoms with Crippen LogP contribution in [-0.4, -0.2) is 35.4 Å². The number of benzene rings is 3. The zero-order valence-electron chi connectivity index (χ0n) is 21.7. The summed E-state index contributed by atoms with van der Waals surface area (Å²) in [6.07, 6.45) is 7.78. The molecule has 5 nitrogen and oxygen atoms in total. The van der Waals surface area contributed by atoms with Crippen LogP contribution in [0.5, 0.6) is 0 Å². The molecule has 1 N–H and O–H groups in total. The van der Waals surface area contributed by atoms with Crippen molar-refractivity contribution in [3.05, 3.63) is 114 Å². The maximum atomic E-state index is 9.23. The van der Waals surface area contributed by atoms with E-state index >= 15 is 0 Å². The van der Waals surface area contributed by atoms with E-state index in [1.807, 2.05) is 85.5 Å². The van der Waals surface area contributed by atoms with Crippen LogP contribution in [0.15, 0.2) is 108 Å². The van der Waals surface area contributed by atoms with E-state index in [0.29, 0.717) is 11.5 Å². The largest absolute Gasteiger partial charge is 0.362 e. The van der Waals surface area contributed by atoms with Crippen LogP contribution in [0.2, 0.25) is 0 Å². The predicted octanol–water partition coefficient (Wildman–Crippen LogP) is 7.04. The molecule has 0 aliphatic rings. The molecule has 0 aliphatic carbocycles. The number of amidine groups is 1. The maximum Gasteiger partial charge on any atom is 0.229 e. The molecule has 5 heteroatoms. The highest BCUT2D eigenvalue weighted by molar-refractivity contribution is 6.17. The molecule has 0 fully saturated rings. The van der Waals surface area contributed by atoms with Gasteiger partial charge in [-0.15, -0.1) is 0 Å². The SMILES string of the molecule is C=C(/C=C\C=C/C)N(C(=N)N=C(c1ccccc1)N(C)C)c1c(C)ccc2c3ccccc3n(C)c12. The molecule has 0 spiro atoms. The monoisotopic (exact) mass is 475 g/mol. The lowest BCUT2D eigenvalue weighted by Crippen LogP contribution is -2.32. The van der Waals surface area contributed by atoms with Crippen LogP contribution in [0.1, 0.15) is 18.1 Å². The number of anilines is 1. The summed E-state index contributed by atoms with van der Waals surface area (Å²) < 4.78 is 2.20. The topological polar surface area (TPSA) is 47.6 Å². The fraction of sp³-hybridized carbons (Fsp3) is 0.161. The summed E-state index contributed by atoms with van der Waals surface area (Å²) in [5.74, 6) is 0.802. The van der Waals surface area contributed by atoms with E-state index in [9.17, 15) is 5.41 Å². The van der Waals surface area contributed by atoms with E-state index < -0.39 is 0 Å².